The molecule has 1 fully saturated rings. The Labute approximate surface area is 196 Å². The first-order valence-electron chi connectivity index (χ1n) is 12.9. The van der Waals surface area contributed by atoms with Crippen LogP contribution in [0.5, 0.6) is 0 Å². The Morgan fingerprint density at radius 2 is 1.19 bits per heavy atom. The topological polar surface area (TPSA) is 0 Å². The fourth-order valence-corrected chi connectivity index (χ4v) is 5.56. The zero-order chi connectivity index (χ0) is 22.2. The SMILES string of the molecule is CCCc1ccc(-c2ccc(CCC3CCC(CC(C)c4ccccc4)CC3)cc2)cc1. The van der Waals surface area contributed by atoms with Crippen LogP contribution in [0, 0.1) is 11.8 Å². The third-order valence-corrected chi connectivity index (χ3v) is 7.64. The molecule has 168 valence electrons. The van der Waals surface area contributed by atoms with E-state index in [1.807, 2.05) is 0 Å². The minimum Gasteiger partial charge on any atom is -0.0651 e. The van der Waals surface area contributed by atoms with Gasteiger partial charge in [0, 0.05) is 0 Å². The molecule has 0 saturated heterocycles. The molecule has 1 saturated carbocycles. The van der Waals surface area contributed by atoms with Crippen LogP contribution in [-0.4, -0.2) is 0 Å². The Morgan fingerprint density at radius 1 is 0.656 bits per heavy atom. The zero-order valence-corrected chi connectivity index (χ0v) is 20.1. The van der Waals surface area contributed by atoms with Crippen LogP contribution < -0.4 is 0 Å². The van der Waals surface area contributed by atoms with Gasteiger partial charge < -0.3 is 0 Å². The maximum absolute atomic E-state index is 2.41. The second-order valence-corrected chi connectivity index (χ2v) is 10.1. The first kappa shape index (κ1) is 22.8. The third kappa shape index (κ3) is 6.35. The van der Waals surface area contributed by atoms with Crippen LogP contribution in [0.1, 0.15) is 81.4 Å². The summed E-state index contributed by atoms with van der Waals surface area (Å²) in [6, 6.07) is 29.5. The highest BCUT2D eigenvalue weighted by molar-refractivity contribution is 5.64. The second-order valence-electron chi connectivity index (χ2n) is 10.1. The van der Waals surface area contributed by atoms with Gasteiger partial charge in [0.25, 0.3) is 0 Å². The van der Waals surface area contributed by atoms with Crippen molar-refractivity contribution in [1.29, 1.82) is 0 Å². The van der Waals surface area contributed by atoms with Crippen molar-refractivity contribution in [1.82, 2.24) is 0 Å². The maximum atomic E-state index is 2.41. The molecule has 1 unspecified atom stereocenters. The Bertz CT molecular complexity index is 912. The normalized spacial score (nSPS) is 19.6. The summed E-state index contributed by atoms with van der Waals surface area (Å²) < 4.78 is 0. The van der Waals surface area contributed by atoms with Crippen LogP contribution in [0.3, 0.4) is 0 Å². The van der Waals surface area contributed by atoms with Gasteiger partial charge in [-0.1, -0.05) is 125 Å². The molecular weight excluding hydrogens is 384 g/mol. The predicted molar refractivity (Wildman–Crippen MR) is 139 cm³/mol. The molecule has 0 aliphatic heterocycles. The van der Waals surface area contributed by atoms with Crippen molar-refractivity contribution < 1.29 is 0 Å². The molecule has 1 atom stereocenters. The average molecular weight is 425 g/mol. The monoisotopic (exact) mass is 424 g/mol. The van der Waals surface area contributed by atoms with E-state index in [1.165, 1.54) is 85.6 Å². The molecule has 1 aliphatic rings. The summed E-state index contributed by atoms with van der Waals surface area (Å²) in [7, 11) is 0. The number of aryl methyl sites for hydroxylation is 2. The smallest absolute Gasteiger partial charge is 0.0184 e. The lowest BCUT2D eigenvalue weighted by Gasteiger charge is -2.30. The summed E-state index contributed by atoms with van der Waals surface area (Å²) in [5, 5.41) is 0. The molecule has 0 nitrogen and oxygen atoms in total. The molecule has 4 rings (SSSR count). The fraction of sp³-hybridized carbons (Fsp3) is 0.438. The largest absolute Gasteiger partial charge is 0.0651 e. The third-order valence-electron chi connectivity index (χ3n) is 7.64. The van der Waals surface area contributed by atoms with Gasteiger partial charge in [-0.05, 0) is 71.3 Å². The van der Waals surface area contributed by atoms with Crippen molar-refractivity contribution in [3.8, 4) is 11.1 Å². The van der Waals surface area contributed by atoms with Crippen molar-refractivity contribution in [2.75, 3.05) is 0 Å². The van der Waals surface area contributed by atoms with Crippen LogP contribution >= 0.6 is 0 Å². The highest BCUT2D eigenvalue weighted by atomic mass is 14.3. The van der Waals surface area contributed by atoms with Gasteiger partial charge in [-0.15, -0.1) is 0 Å². The quantitative estimate of drug-likeness (QED) is 0.321. The highest BCUT2D eigenvalue weighted by Crippen LogP contribution is 2.37. The molecule has 1 aliphatic carbocycles. The van der Waals surface area contributed by atoms with E-state index in [0.29, 0.717) is 5.92 Å². The van der Waals surface area contributed by atoms with E-state index >= 15 is 0 Å². The number of hydrogen-bond acceptors (Lipinski definition) is 0. The van der Waals surface area contributed by atoms with Gasteiger partial charge in [0.1, 0.15) is 0 Å². The van der Waals surface area contributed by atoms with Gasteiger partial charge in [0.2, 0.25) is 0 Å². The Hall–Kier alpha value is -2.34. The van der Waals surface area contributed by atoms with Crippen LogP contribution in [0.25, 0.3) is 11.1 Å². The standard InChI is InChI=1S/C32H40/c1-3-7-26-16-20-31(21-17-26)32-22-18-28(19-23-32)11-10-27-12-14-29(15-13-27)24-25(2)30-8-5-4-6-9-30/h4-6,8-9,16-23,25,27,29H,3,7,10-15,24H2,1-2H3. The predicted octanol–water partition coefficient (Wildman–Crippen LogP) is 9.24. The van der Waals surface area contributed by atoms with Gasteiger partial charge >= 0.3 is 0 Å². The van der Waals surface area contributed by atoms with Gasteiger partial charge in [-0.25, -0.2) is 0 Å². The average Bonchev–Trinajstić information content (AvgIpc) is 2.85. The molecular formula is C32H40. The summed E-state index contributed by atoms with van der Waals surface area (Å²) in [6.45, 7) is 4.65. The molecule has 0 aromatic heterocycles. The van der Waals surface area contributed by atoms with Crippen molar-refractivity contribution in [2.45, 2.75) is 77.6 Å². The molecule has 0 N–H and O–H groups in total. The Balaban J connectivity index is 1.21. The van der Waals surface area contributed by atoms with Crippen molar-refractivity contribution in [3.05, 3.63) is 95.6 Å². The van der Waals surface area contributed by atoms with E-state index in [4.69, 9.17) is 0 Å². The molecule has 0 spiro atoms. The molecule has 32 heavy (non-hydrogen) atoms. The van der Waals surface area contributed by atoms with E-state index in [9.17, 15) is 0 Å². The van der Waals surface area contributed by atoms with Crippen LogP contribution in [0.4, 0.5) is 0 Å². The summed E-state index contributed by atoms with van der Waals surface area (Å²) in [5.74, 6) is 2.53. The molecule has 0 heterocycles. The first-order chi connectivity index (χ1) is 15.7. The number of hydrogen-bond donors (Lipinski definition) is 0. The van der Waals surface area contributed by atoms with Crippen LogP contribution in [0.15, 0.2) is 78.9 Å². The van der Waals surface area contributed by atoms with Crippen molar-refractivity contribution in [3.63, 3.8) is 0 Å². The van der Waals surface area contributed by atoms with E-state index in [-0.39, 0.29) is 0 Å². The zero-order valence-electron chi connectivity index (χ0n) is 20.1. The lowest BCUT2D eigenvalue weighted by Crippen LogP contribution is -2.16. The van der Waals surface area contributed by atoms with E-state index < -0.39 is 0 Å². The number of rotatable bonds is 9. The molecule has 3 aromatic rings. The van der Waals surface area contributed by atoms with Gasteiger partial charge in [-0.3, -0.25) is 0 Å². The molecule has 0 amide bonds. The van der Waals surface area contributed by atoms with E-state index in [0.717, 1.165) is 11.8 Å². The molecule has 0 bridgehead atoms. The second kappa shape index (κ2) is 11.5. The molecule has 3 aromatic carbocycles. The van der Waals surface area contributed by atoms with Gasteiger partial charge in [0.15, 0.2) is 0 Å². The first-order valence-corrected chi connectivity index (χ1v) is 12.9. The Kier molecular flexibility index (Phi) is 8.21. The lowest BCUT2D eigenvalue weighted by atomic mass is 9.75. The highest BCUT2D eigenvalue weighted by Gasteiger charge is 2.23. The number of benzene rings is 3. The maximum Gasteiger partial charge on any atom is -0.0184 e. The summed E-state index contributed by atoms with van der Waals surface area (Å²) >= 11 is 0. The Morgan fingerprint density at radius 3 is 1.75 bits per heavy atom. The van der Waals surface area contributed by atoms with E-state index in [1.54, 1.807) is 0 Å². The minimum absolute atomic E-state index is 0.694. The summed E-state index contributed by atoms with van der Waals surface area (Å²) in [4.78, 5) is 0. The van der Waals surface area contributed by atoms with Crippen LogP contribution in [0.2, 0.25) is 0 Å². The molecule has 0 radical (unpaired) electrons. The van der Waals surface area contributed by atoms with Crippen molar-refractivity contribution in [2.24, 2.45) is 11.8 Å². The van der Waals surface area contributed by atoms with Gasteiger partial charge in [-0.2, -0.15) is 0 Å². The van der Waals surface area contributed by atoms with Crippen molar-refractivity contribution >= 4 is 0 Å². The van der Waals surface area contributed by atoms with E-state index in [2.05, 4.69) is 92.7 Å². The van der Waals surface area contributed by atoms with Gasteiger partial charge in [0.05, 0.1) is 0 Å². The molecule has 0 heteroatoms. The summed E-state index contributed by atoms with van der Waals surface area (Å²) in [6.07, 6.45) is 12.0. The van der Waals surface area contributed by atoms with Crippen LogP contribution in [-0.2, 0) is 12.8 Å². The minimum atomic E-state index is 0.694. The fourth-order valence-electron chi connectivity index (χ4n) is 5.56. The lowest BCUT2D eigenvalue weighted by molar-refractivity contribution is 0.245. The summed E-state index contributed by atoms with van der Waals surface area (Å²) in [5.41, 5.74) is 7.12.